The van der Waals surface area contributed by atoms with Crippen LogP contribution in [0.15, 0.2) is 12.7 Å². The molecule has 0 radical (unpaired) electrons. The molecule has 112 valence electrons. The summed E-state index contributed by atoms with van der Waals surface area (Å²) in [4.78, 5) is 11.4. The molecule has 0 aliphatic carbocycles. The first-order valence-corrected chi connectivity index (χ1v) is 6.70. The largest absolute Gasteiger partial charge is 0.496 e. The van der Waals surface area contributed by atoms with Crippen molar-refractivity contribution in [1.29, 1.82) is 0 Å². The van der Waals surface area contributed by atoms with Crippen molar-refractivity contribution in [3.63, 3.8) is 0 Å². The van der Waals surface area contributed by atoms with E-state index in [2.05, 4.69) is 15.0 Å². The molecule has 1 fully saturated rings. The van der Waals surface area contributed by atoms with Gasteiger partial charge in [0.25, 0.3) is 0 Å². The van der Waals surface area contributed by atoms with Crippen LogP contribution in [0, 0.1) is 0 Å². The van der Waals surface area contributed by atoms with Gasteiger partial charge in [-0.25, -0.2) is 9.97 Å². The van der Waals surface area contributed by atoms with Crippen molar-refractivity contribution < 1.29 is 29.4 Å². The van der Waals surface area contributed by atoms with E-state index in [4.69, 9.17) is 4.74 Å². The van der Waals surface area contributed by atoms with Gasteiger partial charge in [-0.15, -0.1) is 0 Å². The van der Waals surface area contributed by atoms with E-state index >= 15 is 0 Å². The lowest BCUT2D eigenvalue weighted by molar-refractivity contribution is -0.0600. The van der Waals surface area contributed by atoms with Crippen LogP contribution in [0.2, 0.25) is 0 Å². The van der Waals surface area contributed by atoms with Crippen LogP contribution in [-0.2, 0) is 20.6 Å². The topological polar surface area (TPSA) is 151 Å². The summed E-state index contributed by atoms with van der Waals surface area (Å²) in [6.45, 7) is 0. The summed E-state index contributed by atoms with van der Waals surface area (Å²) in [5, 5.41) is 38.9. The van der Waals surface area contributed by atoms with E-state index in [-0.39, 0.29) is 28.7 Å². The van der Waals surface area contributed by atoms with Gasteiger partial charge in [-0.3, -0.25) is 4.57 Å². The van der Waals surface area contributed by atoms with Crippen LogP contribution in [0.3, 0.4) is 0 Å². The van der Waals surface area contributed by atoms with Gasteiger partial charge in [0.05, 0.1) is 6.33 Å². The molecule has 21 heavy (non-hydrogen) atoms. The Bertz CT molecular complexity index is 681. The number of aromatic nitrogens is 4. The van der Waals surface area contributed by atoms with Crippen molar-refractivity contribution in [3.05, 3.63) is 12.7 Å². The Balaban J connectivity index is 1.99. The minimum Gasteiger partial charge on any atom is -0.492 e. The molecular weight excluding hydrogens is 304 g/mol. The van der Waals surface area contributed by atoms with Crippen molar-refractivity contribution >= 4 is 22.8 Å². The molecule has 0 unspecified atom stereocenters. The van der Waals surface area contributed by atoms with E-state index in [1.54, 1.807) is 0 Å². The van der Waals surface area contributed by atoms with E-state index in [1.165, 1.54) is 10.9 Å². The number of hydrogen-bond acceptors (Lipinski definition) is 9. The molecule has 1 aliphatic rings. The summed E-state index contributed by atoms with van der Waals surface area (Å²) in [6, 6.07) is 0. The van der Waals surface area contributed by atoms with Gasteiger partial charge in [-0.2, -0.15) is 4.98 Å². The summed E-state index contributed by atoms with van der Waals surface area (Å²) >= 11 is -0.148. The predicted octanol–water partition coefficient (Wildman–Crippen LogP) is -2.10. The number of aliphatic hydroxyl groups is 3. The minimum atomic E-state index is -1.53. The number of ether oxygens (including phenoxy) is 1. The molecule has 3 heterocycles. The normalized spacial score (nSPS) is 30.6. The molecule has 0 aromatic carbocycles. The third-order valence-electron chi connectivity index (χ3n) is 3.27. The smallest absolute Gasteiger partial charge is 0.492 e. The number of aromatic hydroxyl groups is 1. The Morgan fingerprint density at radius 1 is 1.29 bits per heavy atom. The second-order valence-electron chi connectivity index (χ2n) is 4.48. The van der Waals surface area contributed by atoms with Crippen LogP contribution >= 0.6 is 0 Å². The summed E-state index contributed by atoms with van der Waals surface area (Å²) in [5.41, 5.74) is -1.24. The molecule has 10 nitrogen and oxygen atoms in total. The molecule has 3 rings (SSSR count). The Labute approximate surface area is 121 Å². The second kappa shape index (κ2) is 5.20. The van der Waals surface area contributed by atoms with Crippen molar-refractivity contribution in [1.82, 2.24) is 19.5 Å². The van der Waals surface area contributed by atoms with Crippen LogP contribution in [0.4, 0.5) is 0 Å². The molecule has 0 saturated carbocycles. The van der Waals surface area contributed by atoms with Gasteiger partial charge in [-0.05, 0) is 0 Å². The highest BCUT2D eigenvalue weighted by Gasteiger charge is 2.52. The maximum Gasteiger partial charge on any atom is 0.496 e. The highest BCUT2D eigenvalue weighted by molar-refractivity contribution is 7.66. The van der Waals surface area contributed by atoms with Crippen LogP contribution in [0.25, 0.3) is 11.2 Å². The van der Waals surface area contributed by atoms with Crippen molar-refractivity contribution in [3.8, 4) is 5.88 Å². The SMILES string of the molecule is O=[S+][C@@H](O)[C@H]1O[C@@H](n2cnc3c(O)ncnc32)[C@H](O)[C@@H]1O. The molecule has 0 spiro atoms. The minimum absolute atomic E-state index is 0.102. The number of rotatable bonds is 3. The molecule has 5 atom stereocenters. The highest BCUT2D eigenvalue weighted by atomic mass is 32.1. The van der Waals surface area contributed by atoms with Crippen LogP contribution in [-0.4, -0.2) is 63.7 Å². The lowest BCUT2D eigenvalue weighted by Gasteiger charge is -2.16. The zero-order chi connectivity index (χ0) is 15.1. The van der Waals surface area contributed by atoms with Crippen LogP contribution in [0.5, 0.6) is 5.88 Å². The van der Waals surface area contributed by atoms with Crippen molar-refractivity contribution in [2.75, 3.05) is 0 Å². The van der Waals surface area contributed by atoms with Gasteiger partial charge >= 0.3 is 17.1 Å². The fraction of sp³-hybridized carbons (Fsp3) is 0.500. The number of aliphatic hydroxyl groups excluding tert-OH is 3. The number of fused-ring (bicyclic) bond motifs is 1. The van der Waals surface area contributed by atoms with Gasteiger partial charge in [0.1, 0.15) is 18.5 Å². The van der Waals surface area contributed by atoms with Crippen molar-refractivity contribution in [2.24, 2.45) is 0 Å². The van der Waals surface area contributed by atoms with Gasteiger partial charge in [0.2, 0.25) is 5.88 Å². The summed E-state index contributed by atoms with van der Waals surface area (Å²) in [7, 11) is 0. The zero-order valence-electron chi connectivity index (χ0n) is 10.3. The number of nitrogens with zero attached hydrogens (tertiary/aromatic N) is 4. The van der Waals surface area contributed by atoms with Gasteiger partial charge < -0.3 is 25.2 Å². The standard InChI is InChI=1S/C10H10N4O6S/c15-4-5(16)9(20-6(4)10(18)21-19)14-2-13-3-7(14)11-1-12-8(3)17/h1-2,4-6,9-10,15-16,18H/p+1/t4-,5+,6-,9+,10+/m0/s1. The first kappa shape index (κ1) is 14.2. The summed E-state index contributed by atoms with van der Waals surface area (Å²) in [5.74, 6) is -0.335. The lowest BCUT2D eigenvalue weighted by atomic mass is 10.1. The van der Waals surface area contributed by atoms with Crippen LogP contribution in [0.1, 0.15) is 6.23 Å². The molecule has 0 amide bonds. The fourth-order valence-electron chi connectivity index (χ4n) is 2.23. The first-order chi connectivity index (χ1) is 10.0. The predicted molar refractivity (Wildman–Crippen MR) is 67.0 cm³/mol. The quantitative estimate of drug-likeness (QED) is 0.368. The maximum atomic E-state index is 10.6. The molecule has 2 aromatic heterocycles. The second-order valence-corrected chi connectivity index (χ2v) is 5.16. The van der Waals surface area contributed by atoms with Crippen molar-refractivity contribution in [2.45, 2.75) is 30.0 Å². The molecule has 11 heteroatoms. The van der Waals surface area contributed by atoms with Gasteiger partial charge in [0, 0.05) is 4.21 Å². The first-order valence-electron chi connectivity index (χ1n) is 5.89. The third-order valence-corrected chi connectivity index (χ3v) is 3.73. The molecule has 0 bridgehead atoms. The molecular formula is C10H11N4O6S+. The number of imidazole rings is 1. The molecule has 2 aromatic rings. The maximum absolute atomic E-state index is 10.6. The monoisotopic (exact) mass is 315 g/mol. The van der Waals surface area contributed by atoms with Gasteiger partial charge in [0.15, 0.2) is 23.5 Å². The fourth-order valence-corrected chi connectivity index (χ4v) is 2.57. The van der Waals surface area contributed by atoms with Gasteiger partial charge in [-0.1, -0.05) is 0 Å². The van der Waals surface area contributed by atoms with E-state index in [9.17, 15) is 24.6 Å². The average molecular weight is 315 g/mol. The zero-order valence-corrected chi connectivity index (χ0v) is 11.2. The van der Waals surface area contributed by atoms with E-state index < -0.39 is 30.0 Å². The van der Waals surface area contributed by atoms with E-state index in [0.717, 1.165) is 6.33 Å². The molecule has 4 N–H and O–H groups in total. The van der Waals surface area contributed by atoms with E-state index in [0.29, 0.717) is 0 Å². The highest BCUT2D eigenvalue weighted by Crippen LogP contribution is 2.33. The Morgan fingerprint density at radius 3 is 2.76 bits per heavy atom. The third kappa shape index (κ3) is 2.15. The Morgan fingerprint density at radius 2 is 2.05 bits per heavy atom. The Hall–Kier alpha value is -1.79. The lowest BCUT2D eigenvalue weighted by Crippen LogP contribution is -2.38. The Kier molecular flexibility index (Phi) is 3.51. The molecule has 1 saturated heterocycles. The summed E-state index contributed by atoms with van der Waals surface area (Å²) < 4.78 is 17.3. The summed E-state index contributed by atoms with van der Waals surface area (Å²) in [6.07, 6.45) is -2.84. The number of hydrogen-bond donors (Lipinski definition) is 4. The average Bonchev–Trinajstić information content (AvgIpc) is 3.02. The van der Waals surface area contributed by atoms with E-state index in [1.807, 2.05) is 0 Å². The van der Waals surface area contributed by atoms with Crippen LogP contribution < -0.4 is 0 Å². The molecule has 1 aliphatic heterocycles.